The number of anilines is 2. The summed E-state index contributed by atoms with van der Waals surface area (Å²) in [6, 6.07) is 3.26. The fourth-order valence-electron chi connectivity index (χ4n) is 2.21. The average molecular weight is 380 g/mol. The Morgan fingerprint density at radius 1 is 1.44 bits per heavy atom. The molecule has 0 spiro atoms. The summed E-state index contributed by atoms with van der Waals surface area (Å²) in [7, 11) is 1.45. The number of furan rings is 1. The fraction of sp³-hybridized carbons (Fsp3) is 0.200. The molecule has 3 rings (SSSR count). The molecule has 0 radical (unpaired) electrons. The van der Waals surface area contributed by atoms with Crippen molar-refractivity contribution in [3.05, 3.63) is 35.4 Å². The lowest BCUT2D eigenvalue weighted by Gasteiger charge is -2.12. The van der Waals surface area contributed by atoms with E-state index < -0.39 is 6.09 Å². The Morgan fingerprint density at radius 2 is 2.20 bits per heavy atom. The summed E-state index contributed by atoms with van der Waals surface area (Å²) in [4.78, 5) is 24.9. The normalized spacial score (nSPS) is 12.3. The summed E-state index contributed by atoms with van der Waals surface area (Å²) in [6.07, 6.45) is 1.88. The number of carbonyl (C=O) groups is 1. The molecule has 3 aromatic heterocycles. The zero-order valence-electron chi connectivity index (χ0n) is 13.3. The Balaban J connectivity index is 1.92. The highest BCUT2D eigenvalue weighted by Gasteiger charge is 2.18. The zero-order chi connectivity index (χ0) is 18.1. The molecule has 0 saturated heterocycles. The quantitative estimate of drug-likeness (QED) is 0.399. The number of aromatic nitrogens is 3. The maximum Gasteiger partial charge on any atom is 0.411 e. The number of pyridine rings is 1. The van der Waals surface area contributed by atoms with Crippen LogP contribution >= 0.6 is 23.4 Å². The van der Waals surface area contributed by atoms with Gasteiger partial charge in [0.1, 0.15) is 17.2 Å². The lowest BCUT2D eigenvalue weighted by Crippen LogP contribution is -2.23. The molecule has 3 heterocycles. The van der Waals surface area contributed by atoms with Crippen molar-refractivity contribution in [1.29, 1.82) is 0 Å². The Kier molecular flexibility index (Phi) is 4.69. The molecule has 0 saturated carbocycles. The van der Waals surface area contributed by atoms with Crippen LogP contribution in [-0.4, -0.2) is 33.2 Å². The van der Waals surface area contributed by atoms with Crippen LogP contribution in [0, 0.1) is 0 Å². The van der Waals surface area contributed by atoms with Crippen LogP contribution in [-0.2, 0) is 0 Å². The molecule has 1 amide bonds. The highest BCUT2D eigenvalue weighted by Crippen LogP contribution is 2.36. The van der Waals surface area contributed by atoms with Gasteiger partial charge in [0.15, 0.2) is 10.7 Å². The van der Waals surface area contributed by atoms with Crippen molar-refractivity contribution in [1.82, 2.24) is 15.0 Å². The molecule has 0 bridgehead atoms. The van der Waals surface area contributed by atoms with Gasteiger partial charge in [-0.3, -0.25) is 9.88 Å². The lowest BCUT2D eigenvalue weighted by atomic mass is 10.2. The van der Waals surface area contributed by atoms with E-state index in [2.05, 4.69) is 15.0 Å². The van der Waals surface area contributed by atoms with Crippen molar-refractivity contribution in [2.75, 3.05) is 17.7 Å². The summed E-state index contributed by atoms with van der Waals surface area (Å²) in [5.74, 6) is 0.290. The van der Waals surface area contributed by atoms with Gasteiger partial charge < -0.3 is 15.3 Å². The molecule has 0 aliphatic carbocycles. The molecule has 0 aliphatic heterocycles. The van der Waals surface area contributed by atoms with E-state index in [1.165, 1.54) is 31.1 Å². The SMILES string of the molecule is CC(Sc1nc(N)cc(Cl)n1)c1cc2c(N(C)C(=O)O)coc2cn1. The van der Waals surface area contributed by atoms with Crippen LogP contribution in [0.2, 0.25) is 5.15 Å². The third-order valence-electron chi connectivity index (χ3n) is 3.50. The van der Waals surface area contributed by atoms with Gasteiger partial charge in [-0.05, 0) is 13.0 Å². The molecule has 0 aliphatic rings. The smallest absolute Gasteiger partial charge is 0.411 e. The Hall–Kier alpha value is -2.52. The molecule has 1 atom stereocenters. The number of nitrogen functional groups attached to an aromatic ring is 1. The van der Waals surface area contributed by atoms with Gasteiger partial charge in [-0.25, -0.2) is 14.8 Å². The average Bonchev–Trinajstić information content (AvgIpc) is 2.95. The molecule has 10 heteroatoms. The minimum Gasteiger partial charge on any atom is -0.465 e. The molecule has 0 aromatic carbocycles. The van der Waals surface area contributed by atoms with Gasteiger partial charge in [-0.1, -0.05) is 23.4 Å². The molecule has 25 heavy (non-hydrogen) atoms. The van der Waals surface area contributed by atoms with E-state index in [0.29, 0.717) is 27.6 Å². The number of carboxylic acid groups (broad SMARTS) is 1. The second-order valence-corrected chi connectivity index (χ2v) is 6.92. The summed E-state index contributed by atoms with van der Waals surface area (Å²) in [5, 5.41) is 10.4. The van der Waals surface area contributed by atoms with E-state index >= 15 is 0 Å². The van der Waals surface area contributed by atoms with Gasteiger partial charge in [0, 0.05) is 18.5 Å². The van der Waals surface area contributed by atoms with Crippen molar-refractivity contribution >= 4 is 51.9 Å². The molecular formula is C15H14ClN5O3S. The van der Waals surface area contributed by atoms with Crippen LogP contribution in [0.5, 0.6) is 0 Å². The molecule has 8 nitrogen and oxygen atoms in total. The third-order valence-corrected chi connectivity index (χ3v) is 4.69. The van der Waals surface area contributed by atoms with E-state index in [1.807, 2.05) is 6.92 Å². The lowest BCUT2D eigenvalue weighted by molar-refractivity contribution is 0.203. The van der Waals surface area contributed by atoms with Gasteiger partial charge in [0.05, 0.1) is 22.8 Å². The van der Waals surface area contributed by atoms with Gasteiger partial charge in [-0.2, -0.15) is 0 Å². The Bertz CT molecular complexity index is 928. The Labute approximate surface area is 152 Å². The highest BCUT2D eigenvalue weighted by atomic mass is 35.5. The second-order valence-electron chi connectivity index (χ2n) is 5.23. The summed E-state index contributed by atoms with van der Waals surface area (Å²) in [5.41, 5.74) is 7.36. The maximum absolute atomic E-state index is 11.2. The number of halogens is 1. The van der Waals surface area contributed by atoms with Crippen LogP contribution in [0.15, 0.2) is 34.2 Å². The fourth-order valence-corrected chi connectivity index (χ4v) is 3.32. The van der Waals surface area contributed by atoms with Crippen molar-refractivity contribution < 1.29 is 14.3 Å². The first-order valence-corrected chi connectivity index (χ1v) is 8.41. The van der Waals surface area contributed by atoms with Gasteiger partial charge in [0.25, 0.3) is 0 Å². The van der Waals surface area contributed by atoms with E-state index in [1.54, 1.807) is 12.3 Å². The maximum atomic E-state index is 11.2. The molecule has 1 unspecified atom stereocenters. The highest BCUT2D eigenvalue weighted by molar-refractivity contribution is 7.99. The molecule has 0 fully saturated rings. The van der Waals surface area contributed by atoms with Crippen molar-refractivity contribution in [3.8, 4) is 0 Å². The first-order chi connectivity index (χ1) is 11.8. The van der Waals surface area contributed by atoms with Crippen LogP contribution in [0.25, 0.3) is 11.0 Å². The number of thioether (sulfide) groups is 1. The van der Waals surface area contributed by atoms with E-state index in [0.717, 1.165) is 10.6 Å². The van der Waals surface area contributed by atoms with E-state index in [9.17, 15) is 4.79 Å². The van der Waals surface area contributed by atoms with Crippen LogP contribution in [0.4, 0.5) is 16.3 Å². The van der Waals surface area contributed by atoms with Gasteiger partial charge in [0.2, 0.25) is 0 Å². The number of rotatable bonds is 4. The number of nitrogens with zero attached hydrogens (tertiary/aromatic N) is 4. The third kappa shape index (κ3) is 3.62. The van der Waals surface area contributed by atoms with E-state index in [-0.39, 0.29) is 10.4 Å². The van der Waals surface area contributed by atoms with Gasteiger partial charge >= 0.3 is 6.09 Å². The van der Waals surface area contributed by atoms with Crippen LogP contribution < -0.4 is 10.6 Å². The number of nitrogens with two attached hydrogens (primary N) is 1. The number of hydrogen-bond donors (Lipinski definition) is 2. The predicted octanol–water partition coefficient (Wildman–Crippen LogP) is 3.82. The molecule has 3 aromatic rings. The minimum absolute atomic E-state index is 0.111. The van der Waals surface area contributed by atoms with Crippen molar-refractivity contribution in [3.63, 3.8) is 0 Å². The molecule has 130 valence electrons. The van der Waals surface area contributed by atoms with Crippen LogP contribution in [0.3, 0.4) is 0 Å². The largest absolute Gasteiger partial charge is 0.465 e. The van der Waals surface area contributed by atoms with Gasteiger partial charge in [-0.15, -0.1) is 0 Å². The zero-order valence-corrected chi connectivity index (χ0v) is 14.9. The predicted molar refractivity (Wildman–Crippen MR) is 96.2 cm³/mol. The van der Waals surface area contributed by atoms with Crippen LogP contribution in [0.1, 0.15) is 17.9 Å². The first kappa shape index (κ1) is 17.3. The minimum atomic E-state index is -1.08. The van der Waals surface area contributed by atoms with Crippen molar-refractivity contribution in [2.45, 2.75) is 17.3 Å². The Morgan fingerprint density at radius 3 is 2.88 bits per heavy atom. The van der Waals surface area contributed by atoms with Crippen molar-refractivity contribution in [2.24, 2.45) is 0 Å². The standard InChI is InChI=1S/C15H14ClN5O3S/c1-7(25-14-19-12(16)4-13(17)20-14)9-3-8-10(21(2)15(22)23)6-24-11(8)5-18-9/h3-7H,1-2H3,(H,22,23)(H2,17,19,20). The molecule has 3 N–H and O–H groups in total. The van der Waals surface area contributed by atoms with E-state index in [4.69, 9.17) is 26.9 Å². The second kappa shape index (κ2) is 6.77. The summed E-state index contributed by atoms with van der Waals surface area (Å²) < 4.78 is 5.37. The summed E-state index contributed by atoms with van der Waals surface area (Å²) in [6.45, 7) is 1.93. The molecular weight excluding hydrogens is 366 g/mol. The topological polar surface area (TPSA) is 118 Å². The number of fused-ring (bicyclic) bond motifs is 1. The monoisotopic (exact) mass is 379 g/mol. The summed E-state index contributed by atoms with van der Waals surface area (Å²) >= 11 is 7.24. The number of hydrogen-bond acceptors (Lipinski definition) is 7. The number of amides is 1. The first-order valence-electron chi connectivity index (χ1n) is 7.15.